The molecule has 0 radical (unpaired) electrons. The zero-order chi connectivity index (χ0) is 84.2. The molecule has 17 aliphatic rings. The van der Waals surface area contributed by atoms with Crippen molar-refractivity contribution < 1.29 is 4.74 Å². The normalized spacial score (nSPS) is 31.9. The van der Waals surface area contributed by atoms with Crippen LogP contribution in [0.5, 0.6) is 0 Å². The maximum Gasteiger partial charge on any atom is 0.0499 e. The minimum Gasteiger partial charge on any atom is -0.381 e. The average molecular weight is 1590 g/mol. The SMILES string of the molecule is C.CC(C)(C)C12CCN(CC1)CC2.CC(C)(C)C1CC2(CCC2)C1.CC(C)(C)C1CCCC1.CC(C)(C)C1CCCC1.CC(C)(C)C1CCCCC1.CC(C)(C)C1CCCCC1.CC(C)(C)C1CCCCCC1.CC(C)(C)C1CCCOC1.CC(C)C1C2CCCC21.CC(C)C1CC2CCC1N2C.CC(C)C1CC2CCCC2C1. The summed E-state index contributed by atoms with van der Waals surface area (Å²) in [6, 6.07) is 1.87. The Kier molecular flexibility index (Phi) is 42.8. The van der Waals surface area contributed by atoms with Crippen molar-refractivity contribution in [2.75, 3.05) is 39.9 Å². The summed E-state index contributed by atoms with van der Waals surface area (Å²) in [6.45, 7) is 77.3. The lowest BCUT2D eigenvalue weighted by Gasteiger charge is -2.58. The van der Waals surface area contributed by atoms with Crippen LogP contribution in [0.4, 0.5) is 0 Å². The standard InChI is InChI=1S/C11H21N.2C11H20.C11H22.C10H19N.2C10H20.C9H18O.C9H16.2C9H18.CH4/c1-10(2,3)11-4-7-12(8-5-11)9-6-11;1-10(2,3)9-7-11(8-9)5-4-6-11;1-8(2)11-6-9-4-3-5-10(9)7-11;1-11(2,3)10-8-6-4-5-7-9-10;1-7(2)9-6-8-4-5-10(9)11(8)3;2*1-10(2,3)9-7-5-4-6-8-9;1-9(2,3)8-5-4-6-10-7-8;1-6(2)9-7-4-3-5-8(7)9;2*1-9(2,3)8-6-4-5-7-8;/h4-9H2,1-3H3;9H,4-8H2,1-3H3;8-11H,3-7H2,1-2H3;10H,4-9H2,1-3H3;7-10H,4-6H2,1-3H3;2*9H,4-8H2,1-3H3;8H,4-7H2,1-3H3;6-9H,3-5H2,1-2H3;2*8H,4-7H2,1-3H3;1H4. The van der Waals surface area contributed by atoms with Gasteiger partial charge < -0.3 is 14.5 Å². The summed E-state index contributed by atoms with van der Waals surface area (Å²) in [5.41, 5.74) is 5.97. The van der Waals surface area contributed by atoms with Gasteiger partial charge in [-0.05, 0) is 348 Å². The molecule has 0 N–H and O–H groups in total. The third kappa shape index (κ3) is 34.1. The third-order valence-corrected chi connectivity index (χ3v) is 35.6. The highest BCUT2D eigenvalue weighted by atomic mass is 16.5. The second kappa shape index (κ2) is 46.7. The average Bonchev–Trinajstić information content (AvgIpc) is 0.875. The lowest BCUT2D eigenvalue weighted by atomic mass is 9.47. The van der Waals surface area contributed by atoms with E-state index < -0.39 is 0 Å². The predicted molar refractivity (Wildman–Crippen MR) is 511 cm³/mol. The number of fused-ring (bicyclic) bond motifs is 7. The minimum absolute atomic E-state index is 0. The van der Waals surface area contributed by atoms with Gasteiger partial charge in [-0.25, -0.2) is 0 Å². The Balaban J connectivity index is 0.000000224. The van der Waals surface area contributed by atoms with Crippen LogP contribution in [0, 0.1) is 155 Å². The molecule has 17 rings (SSSR count). The summed E-state index contributed by atoms with van der Waals surface area (Å²) in [5.74, 6) is 17.5. The van der Waals surface area contributed by atoms with Crippen molar-refractivity contribution in [2.24, 2.45) is 155 Å². The molecule has 17 fully saturated rings. The van der Waals surface area contributed by atoms with Gasteiger partial charge in [-0.3, -0.25) is 0 Å². The molecule has 114 heavy (non-hydrogen) atoms. The van der Waals surface area contributed by atoms with Gasteiger partial charge in [0.1, 0.15) is 0 Å². The van der Waals surface area contributed by atoms with E-state index in [9.17, 15) is 0 Å². The van der Waals surface area contributed by atoms with Crippen molar-refractivity contribution in [2.45, 2.75) is 516 Å². The summed E-state index contributed by atoms with van der Waals surface area (Å²) >= 11 is 0. The lowest BCUT2D eigenvalue weighted by molar-refractivity contribution is -0.0700. The molecular weight excluding hydrogens is 1380 g/mol. The van der Waals surface area contributed by atoms with Crippen LogP contribution in [0.2, 0.25) is 0 Å². The van der Waals surface area contributed by atoms with Gasteiger partial charge in [-0.2, -0.15) is 0 Å². The summed E-state index contributed by atoms with van der Waals surface area (Å²) in [4.78, 5) is 5.23. The molecule has 6 aliphatic heterocycles. The van der Waals surface area contributed by atoms with Gasteiger partial charge >= 0.3 is 0 Å². The van der Waals surface area contributed by atoms with E-state index in [0.717, 1.165) is 119 Å². The van der Waals surface area contributed by atoms with E-state index >= 15 is 0 Å². The molecule has 4 bridgehead atoms. The molecule has 676 valence electrons. The van der Waals surface area contributed by atoms with Crippen LogP contribution in [0.15, 0.2) is 0 Å². The number of hydrogen-bond donors (Lipinski definition) is 0. The van der Waals surface area contributed by atoms with Gasteiger partial charge in [-0.15, -0.1) is 0 Å². The van der Waals surface area contributed by atoms with Crippen LogP contribution in [-0.4, -0.2) is 61.8 Å². The van der Waals surface area contributed by atoms with Crippen molar-refractivity contribution in [3.05, 3.63) is 0 Å². The van der Waals surface area contributed by atoms with Crippen LogP contribution < -0.4 is 0 Å². The largest absolute Gasteiger partial charge is 0.381 e. The fraction of sp³-hybridized carbons (Fsp3) is 1.00. The van der Waals surface area contributed by atoms with Gasteiger partial charge in [0, 0.05) is 25.3 Å². The third-order valence-electron chi connectivity index (χ3n) is 35.6. The summed E-state index contributed by atoms with van der Waals surface area (Å²) in [7, 11) is 2.31. The van der Waals surface area contributed by atoms with Crippen LogP contribution in [0.3, 0.4) is 0 Å². The number of nitrogens with zero attached hydrogens (tertiary/aromatic N) is 2. The molecule has 1 spiro atoms. The Morgan fingerprint density at radius 2 is 0.649 bits per heavy atom. The van der Waals surface area contributed by atoms with E-state index in [4.69, 9.17) is 4.74 Å². The Labute approximate surface area is 720 Å². The molecule has 3 nitrogen and oxygen atoms in total. The van der Waals surface area contributed by atoms with Gasteiger partial charge in [0.15, 0.2) is 0 Å². The zero-order valence-electron chi connectivity index (χ0n) is 83.6. The Bertz CT molecular complexity index is 2330. The van der Waals surface area contributed by atoms with Crippen molar-refractivity contribution >= 4 is 0 Å². The van der Waals surface area contributed by atoms with Gasteiger partial charge in [0.25, 0.3) is 0 Å². The molecule has 11 aliphatic carbocycles. The first-order chi connectivity index (χ1) is 52.5. The molecular formula is C111H216N2O. The molecule has 11 saturated carbocycles. The molecule has 3 heteroatoms. The molecule has 0 aromatic heterocycles. The molecule has 0 amide bonds. The second-order valence-electron chi connectivity index (χ2n) is 52.5. The Morgan fingerprint density at radius 3 is 0.877 bits per heavy atom. The lowest BCUT2D eigenvalue weighted by Crippen LogP contribution is -2.53. The van der Waals surface area contributed by atoms with Gasteiger partial charge in [0.05, 0.1) is 0 Å². The fourth-order valence-electron chi connectivity index (χ4n) is 25.8. The number of ether oxygens (including phenoxy) is 1. The van der Waals surface area contributed by atoms with Crippen LogP contribution >= 0.6 is 0 Å². The number of piperidine rings is 3. The first-order valence-corrected chi connectivity index (χ1v) is 51.5. The summed E-state index contributed by atoms with van der Waals surface area (Å²) in [5, 5.41) is 0. The highest BCUT2D eigenvalue weighted by molar-refractivity contribution is 5.04. The fourth-order valence-corrected chi connectivity index (χ4v) is 25.8. The van der Waals surface area contributed by atoms with Crippen LogP contribution in [0.25, 0.3) is 0 Å². The first kappa shape index (κ1) is 104. The van der Waals surface area contributed by atoms with E-state index in [2.05, 4.69) is 225 Å². The van der Waals surface area contributed by atoms with Gasteiger partial charge in [-0.1, -0.05) is 337 Å². The van der Waals surface area contributed by atoms with Crippen molar-refractivity contribution in [3.8, 4) is 0 Å². The molecule has 0 aromatic carbocycles. The molecule has 6 saturated heterocycles. The smallest absolute Gasteiger partial charge is 0.0499 e. The monoisotopic (exact) mass is 1590 g/mol. The maximum absolute atomic E-state index is 5.41. The highest BCUT2D eigenvalue weighted by Gasteiger charge is 2.54. The Hall–Kier alpha value is -0.120. The summed E-state index contributed by atoms with van der Waals surface area (Å²) < 4.78 is 5.41. The summed E-state index contributed by atoms with van der Waals surface area (Å²) in [6.07, 6.45) is 66.8. The zero-order valence-corrected chi connectivity index (χ0v) is 83.6. The van der Waals surface area contributed by atoms with E-state index in [1.54, 1.807) is 51.4 Å². The van der Waals surface area contributed by atoms with E-state index in [0.29, 0.717) is 48.7 Å². The van der Waals surface area contributed by atoms with Gasteiger partial charge in [0.2, 0.25) is 0 Å². The first-order valence-electron chi connectivity index (χ1n) is 51.5. The maximum atomic E-state index is 5.41. The highest BCUT2D eigenvalue weighted by Crippen LogP contribution is 2.63. The van der Waals surface area contributed by atoms with Crippen LogP contribution in [-0.2, 0) is 4.74 Å². The molecule has 0 aromatic rings. The van der Waals surface area contributed by atoms with Crippen molar-refractivity contribution in [1.82, 2.24) is 9.80 Å². The molecule has 8 unspecified atom stereocenters. The van der Waals surface area contributed by atoms with E-state index in [1.165, 1.54) is 269 Å². The van der Waals surface area contributed by atoms with Crippen LogP contribution in [0.1, 0.15) is 504 Å². The van der Waals surface area contributed by atoms with E-state index in [-0.39, 0.29) is 7.43 Å². The number of rotatable bonds is 3. The quantitative estimate of drug-likeness (QED) is 0.262. The van der Waals surface area contributed by atoms with Crippen molar-refractivity contribution in [3.63, 3.8) is 0 Å². The second-order valence-corrected chi connectivity index (χ2v) is 52.5. The molecule has 6 heterocycles. The molecule has 8 atom stereocenters. The van der Waals surface area contributed by atoms with Crippen molar-refractivity contribution in [1.29, 1.82) is 0 Å². The predicted octanol–water partition coefficient (Wildman–Crippen LogP) is 35.2. The minimum atomic E-state index is 0. The topological polar surface area (TPSA) is 15.7 Å². The number of hydrogen-bond acceptors (Lipinski definition) is 3. The van der Waals surface area contributed by atoms with E-state index in [1.807, 2.05) is 0 Å². The Morgan fingerprint density at radius 1 is 0.316 bits per heavy atom.